The number of nitrogens with zero attached hydrogens (tertiary/aromatic N) is 2. The van der Waals surface area contributed by atoms with Crippen LogP contribution in [0, 0.1) is 6.92 Å². The molecule has 5 heteroatoms. The number of pyridine rings is 2. The molecule has 1 saturated carbocycles. The molecule has 0 radical (unpaired) electrons. The molecule has 1 N–H and O–H groups in total. The normalized spacial score (nSPS) is 14.5. The van der Waals surface area contributed by atoms with E-state index in [0.29, 0.717) is 17.6 Å². The Labute approximate surface area is 116 Å². The van der Waals surface area contributed by atoms with E-state index < -0.39 is 0 Å². The lowest BCUT2D eigenvalue weighted by molar-refractivity contribution is 0.0949. The van der Waals surface area contributed by atoms with E-state index in [4.69, 9.17) is 0 Å². The maximum Gasteiger partial charge on any atom is 0.256 e. The Balaban J connectivity index is 2.18. The van der Waals surface area contributed by atoms with Crippen LogP contribution < -0.4 is 10.7 Å². The largest absolute Gasteiger partial charge is 0.349 e. The first-order valence-electron chi connectivity index (χ1n) is 6.92. The third-order valence-corrected chi connectivity index (χ3v) is 3.56. The molecule has 5 nitrogen and oxygen atoms in total. The second-order valence-electron chi connectivity index (χ2n) is 5.23. The molecule has 0 spiro atoms. The van der Waals surface area contributed by atoms with Gasteiger partial charge in [-0.3, -0.25) is 9.59 Å². The number of rotatable bonds is 3. The van der Waals surface area contributed by atoms with Gasteiger partial charge in [-0.2, -0.15) is 0 Å². The van der Waals surface area contributed by atoms with Gasteiger partial charge in [0.15, 0.2) is 0 Å². The fraction of sp³-hybridized carbons (Fsp3) is 0.400. The third-order valence-electron chi connectivity index (χ3n) is 3.56. The molecule has 1 fully saturated rings. The molecule has 1 aliphatic carbocycles. The summed E-state index contributed by atoms with van der Waals surface area (Å²) in [7, 11) is 0. The molecule has 2 aromatic heterocycles. The molecular formula is C15H17N3O2. The zero-order valence-corrected chi connectivity index (χ0v) is 11.6. The van der Waals surface area contributed by atoms with Gasteiger partial charge in [0.25, 0.3) is 5.91 Å². The van der Waals surface area contributed by atoms with Gasteiger partial charge in [-0.25, -0.2) is 4.98 Å². The summed E-state index contributed by atoms with van der Waals surface area (Å²) >= 11 is 0. The number of hydrogen-bond donors (Lipinski definition) is 1. The van der Waals surface area contributed by atoms with Gasteiger partial charge in [-0.1, -0.05) is 0 Å². The highest BCUT2D eigenvalue weighted by Gasteiger charge is 2.25. The Morgan fingerprint density at radius 3 is 2.85 bits per heavy atom. The van der Waals surface area contributed by atoms with Crippen molar-refractivity contribution in [2.45, 2.75) is 39.3 Å². The van der Waals surface area contributed by atoms with Crippen molar-refractivity contribution in [1.82, 2.24) is 14.9 Å². The zero-order valence-electron chi connectivity index (χ0n) is 11.6. The number of hydrogen-bond acceptors (Lipinski definition) is 3. The smallest absolute Gasteiger partial charge is 0.256 e. The van der Waals surface area contributed by atoms with Crippen LogP contribution in [-0.2, 0) is 6.54 Å². The Morgan fingerprint density at radius 1 is 1.45 bits per heavy atom. The number of aryl methyl sites for hydroxylation is 2. The lowest BCUT2D eigenvalue weighted by atomic mass is 10.1. The van der Waals surface area contributed by atoms with Crippen molar-refractivity contribution < 1.29 is 4.79 Å². The maximum atomic E-state index is 12.4. The third kappa shape index (κ3) is 2.19. The summed E-state index contributed by atoms with van der Waals surface area (Å²) in [6, 6.07) is 3.79. The average molecular weight is 271 g/mol. The average Bonchev–Trinajstić information content (AvgIpc) is 3.23. The van der Waals surface area contributed by atoms with Gasteiger partial charge >= 0.3 is 0 Å². The van der Waals surface area contributed by atoms with E-state index in [1.165, 1.54) is 0 Å². The molecule has 0 aromatic carbocycles. The number of nitrogens with one attached hydrogen (secondary N) is 1. The second kappa shape index (κ2) is 4.74. The highest BCUT2D eigenvalue weighted by Crippen LogP contribution is 2.19. The maximum absolute atomic E-state index is 12.4. The number of aromatic nitrogens is 2. The Bertz CT molecular complexity index is 745. The molecule has 1 amide bonds. The van der Waals surface area contributed by atoms with Gasteiger partial charge < -0.3 is 9.88 Å². The lowest BCUT2D eigenvalue weighted by Crippen LogP contribution is -2.31. The molecule has 3 rings (SSSR count). The number of amides is 1. The highest BCUT2D eigenvalue weighted by molar-refractivity contribution is 5.97. The minimum absolute atomic E-state index is 0.205. The Kier molecular flexibility index (Phi) is 3.04. The van der Waals surface area contributed by atoms with E-state index in [2.05, 4.69) is 10.3 Å². The molecule has 2 aromatic rings. The van der Waals surface area contributed by atoms with Crippen LogP contribution in [0.5, 0.6) is 0 Å². The van der Waals surface area contributed by atoms with E-state index in [-0.39, 0.29) is 22.9 Å². The van der Waals surface area contributed by atoms with Crippen molar-refractivity contribution in [2.24, 2.45) is 0 Å². The summed E-state index contributed by atoms with van der Waals surface area (Å²) < 4.78 is 1.85. The van der Waals surface area contributed by atoms with E-state index >= 15 is 0 Å². The van der Waals surface area contributed by atoms with Gasteiger partial charge in [-0.15, -0.1) is 0 Å². The predicted octanol–water partition coefficient (Wildman–Crippen LogP) is 1.62. The summed E-state index contributed by atoms with van der Waals surface area (Å²) in [5.74, 6) is -0.276. The monoisotopic (exact) mass is 271 g/mol. The van der Waals surface area contributed by atoms with Crippen LogP contribution in [0.15, 0.2) is 23.1 Å². The molecule has 0 unspecified atom stereocenters. The van der Waals surface area contributed by atoms with Crippen molar-refractivity contribution >= 4 is 16.9 Å². The Hall–Kier alpha value is -2.17. The van der Waals surface area contributed by atoms with Crippen LogP contribution in [0.4, 0.5) is 0 Å². The number of carbonyl (C=O) groups excluding carboxylic acids is 1. The van der Waals surface area contributed by atoms with Crippen LogP contribution in [0.2, 0.25) is 0 Å². The zero-order chi connectivity index (χ0) is 14.3. The van der Waals surface area contributed by atoms with Crippen molar-refractivity contribution in [2.75, 3.05) is 0 Å². The number of fused-ring (bicyclic) bond motifs is 1. The summed E-state index contributed by atoms with van der Waals surface area (Å²) in [5.41, 5.74) is 1.46. The van der Waals surface area contributed by atoms with Crippen molar-refractivity contribution in [1.29, 1.82) is 0 Å². The van der Waals surface area contributed by atoms with Crippen molar-refractivity contribution in [3.05, 3.63) is 39.8 Å². The topological polar surface area (TPSA) is 64.0 Å². The van der Waals surface area contributed by atoms with E-state index in [0.717, 1.165) is 18.5 Å². The standard InChI is InChI=1S/C15H17N3O2/c1-3-18-8-12(15(20)17-10-5-6-10)13(19)11-7-4-9(2)16-14(11)18/h4,7-8,10H,3,5-6H2,1-2H3,(H,17,20). The van der Waals surface area contributed by atoms with Crippen molar-refractivity contribution in [3.8, 4) is 0 Å². The van der Waals surface area contributed by atoms with E-state index in [1.807, 2.05) is 18.4 Å². The minimum Gasteiger partial charge on any atom is -0.349 e. The second-order valence-corrected chi connectivity index (χ2v) is 5.23. The molecule has 0 bridgehead atoms. The SMILES string of the molecule is CCn1cc(C(=O)NC2CC2)c(=O)c2ccc(C)nc21. The van der Waals surface area contributed by atoms with Crippen LogP contribution in [0.1, 0.15) is 35.8 Å². The van der Waals surface area contributed by atoms with Crippen LogP contribution in [0.3, 0.4) is 0 Å². The lowest BCUT2D eigenvalue weighted by Gasteiger charge is -2.11. The van der Waals surface area contributed by atoms with Gasteiger partial charge in [0.1, 0.15) is 11.2 Å². The van der Waals surface area contributed by atoms with Gasteiger partial charge in [0, 0.05) is 24.5 Å². The highest BCUT2D eigenvalue weighted by atomic mass is 16.2. The molecule has 0 aliphatic heterocycles. The first-order chi connectivity index (χ1) is 9.60. The quantitative estimate of drug-likeness (QED) is 0.922. The first-order valence-corrected chi connectivity index (χ1v) is 6.92. The fourth-order valence-electron chi connectivity index (χ4n) is 2.25. The molecule has 1 aliphatic rings. The molecular weight excluding hydrogens is 254 g/mol. The minimum atomic E-state index is -0.276. The van der Waals surface area contributed by atoms with E-state index in [1.54, 1.807) is 18.3 Å². The summed E-state index contributed by atoms with van der Waals surface area (Å²) in [6.07, 6.45) is 3.62. The van der Waals surface area contributed by atoms with Gasteiger partial charge in [0.2, 0.25) is 5.43 Å². The molecule has 0 saturated heterocycles. The summed E-state index contributed by atoms with van der Waals surface area (Å²) in [6.45, 7) is 4.52. The van der Waals surface area contributed by atoms with Crippen LogP contribution >= 0.6 is 0 Å². The first kappa shape index (κ1) is 12.8. The Morgan fingerprint density at radius 2 is 2.20 bits per heavy atom. The van der Waals surface area contributed by atoms with Crippen molar-refractivity contribution in [3.63, 3.8) is 0 Å². The van der Waals surface area contributed by atoms with Gasteiger partial charge in [0.05, 0.1) is 5.39 Å². The van der Waals surface area contributed by atoms with Crippen LogP contribution in [0.25, 0.3) is 11.0 Å². The fourth-order valence-corrected chi connectivity index (χ4v) is 2.25. The van der Waals surface area contributed by atoms with Crippen LogP contribution in [-0.4, -0.2) is 21.5 Å². The summed E-state index contributed by atoms with van der Waals surface area (Å²) in [4.78, 5) is 29.0. The van der Waals surface area contributed by atoms with E-state index in [9.17, 15) is 9.59 Å². The molecule has 0 atom stereocenters. The number of carbonyl (C=O) groups is 1. The van der Waals surface area contributed by atoms with Gasteiger partial charge in [-0.05, 0) is 38.8 Å². The molecule has 2 heterocycles. The molecule has 20 heavy (non-hydrogen) atoms. The summed E-state index contributed by atoms with van der Waals surface area (Å²) in [5, 5.41) is 3.37. The molecule has 104 valence electrons. The predicted molar refractivity (Wildman–Crippen MR) is 76.9 cm³/mol.